The number of carbonyl (C=O) groups excluding carboxylic acids is 4. The van der Waals surface area contributed by atoms with E-state index in [0.717, 1.165) is 59.9 Å². The summed E-state index contributed by atoms with van der Waals surface area (Å²) in [5.74, 6) is 0.410. The summed E-state index contributed by atoms with van der Waals surface area (Å²) in [5, 5.41) is 0. The fourth-order valence-corrected chi connectivity index (χ4v) is 5.91. The summed E-state index contributed by atoms with van der Waals surface area (Å²) < 4.78 is 0. The molecule has 3 unspecified atom stereocenters. The molecule has 3 atom stereocenters. The van der Waals surface area contributed by atoms with Crippen LogP contribution < -0.4 is 0 Å². The summed E-state index contributed by atoms with van der Waals surface area (Å²) in [5.41, 5.74) is 4.59. The van der Waals surface area contributed by atoms with Crippen molar-refractivity contribution in [3.63, 3.8) is 0 Å². The molecule has 0 heterocycles. The third-order valence-electron chi connectivity index (χ3n) is 7.49. The van der Waals surface area contributed by atoms with Crippen LogP contribution >= 0.6 is 0 Å². The largest absolute Gasteiger partial charge is 0.300 e. The lowest BCUT2D eigenvalue weighted by molar-refractivity contribution is -0.130. The first-order valence-corrected chi connectivity index (χ1v) is 12.8. The van der Waals surface area contributed by atoms with E-state index in [9.17, 15) is 19.2 Å². The molecule has 0 saturated carbocycles. The van der Waals surface area contributed by atoms with Gasteiger partial charge in [-0.15, -0.1) is 0 Å². The van der Waals surface area contributed by atoms with Crippen molar-refractivity contribution in [1.29, 1.82) is 0 Å². The monoisotopic (exact) mass is 462 g/mol. The number of hydrogen-bond acceptors (Lipinski definition) is 4. The Morgan fingerprint density at radius 2 is 1.88 bits per heavy atom. The number of carbonyl (C=O) groups is 4. The molecule has 182 valence electrons. The molecule has 34 heavy (non-hydrogen) atoms. The minimum Gasteiger partial charge on any atom is -0.300 e. The Morgan fingerprint density at radius 1 is 1.12 bits per heavy atom. The molecule has 1 aromatic rings. The molecule has 2 aliphatic carbocycles. The fourth-order valence-electron chi connectivity index (χ4n) is 5.91. The number of aryl methyl sites for hydroxylation is 1. The Balaban J connectivity index is 1.83. The average Bonchev–Trinajstić information content (AvgIpc) is 3.30. The van der Waals surface area contributed by atoms with Crippen LogP contribution in [-0.4, -0.2) is 23.1 Å². The van der Waals surface area contributed by atoms with Crippen molar-refractivity contribution in [1.82, 2.24) is 0 Å². The Morgan fingerprint density at radius 3 is 2.50 bits per heavy atom. The second-order valence-corrected chi connectivity index (χ2v) is 10.2. The van der Waals surface area contributed by atoms with Gasteiger partial charge in [0.25, 0.3) is 0 Å². The Labute approximate surface area is 203 Å². The van der Waals surface area contributed by atoms with Crippen molar-refractivity contribution in [2.24, 2.45) is 17.8 Å². The summed E-state index contributed by atoms with van der Waals surface area (Å²) in [6.45, 7) is 7.58. The molecule has 0 amide bonds. The molecule has 0 bridgehead atoms. The standard InChI is InChI=1S/C30H38O4/c1-5-9-23(25(6-2)28(33)14-20(4)31)15-21-16-26-24(18-27(32)22-10-7-8-11-22)13-12-19(3)30(26)29(34)17-21/h7-8,10,12-13,21,23,25H,5-6,9,11,14-18H2,1-4H3. The van der Waals surface area contributed by atoms with Crippen LogP contribution in [0.4, 0.5) is 0 Å². The van der Waals surface area contributed by atoms with E-state index >= 15 is 0 Å². The van der Waals surface area contributed by atoms with E-state index in [1.54, 1.807) is 0 Å². The van der Waals surface area contributed by atoms with E-state index in [0.29, 0.717) is 19.3 Å². The average molecular weight is 463 g/mol. The van der Waals surface area contributed by atoms with Gasteiger partial charge in [-0.05, 0) is 73.6 Å². The maximum Gasteiger partial charge on any atom is 0.163 e. The molecule has 0 fully saturated rings. The van der Waals surface area contributed by atoms with E-state index < -0.39 is 0 Å². The Kier molecular flexibility index (Phi) is 8.93. The third kappa shape index (κ3) is 6.08. The first-order chi connectivity index (χ1) is 16.2. The highest BCUT2D eigenvalue weighted by Crippen LogP contribution is 2.38. The molecule has 0 aliphatic heterocycles. The molecule has 1 aromatic carbocycles. The highest BCUT2D eigenvalue weighted by atomic mass is 16.1. The second kappa shape index (κ2) is 11.7. The smallest absolute Gasteiger partial charge is 0.163 e. The summed E-state index contributed by atoms with van der Waals surface area (Å²) in [6.07, 6.45) is 11.4. The third-order valence-corrected chi connectivity index (χ3v) is 7.49. The fraction of sp³-hybridized carbons (Fsp3) is 0.533. The number of fused-ring (bicyclic) bond motifs is 1. The lowest BCUT2D eigenvalue weighted by Gasteiger charge is -2.32. The lowest BCUT2D eigenvalue weighted by atomic mass is 9.71. The minimum absolute atomic E-state index is 0.00130. The molecular formula is C30H38O4. The molecule has 0 saturated heterocycles. The summed E-state index contributed by atoms with van der Waals surface area (Å²) in [7, 11) is 0. The van der Waals surface area contributed by atoms with Gasteiger partial charge in [0.05, 0.1) is 6.42 Å². The maximum absolute atomic E-state index is 13.3. The normalized spacial score (nSPS) is 18.9. The molecule has 3 rings (SSSR count). The number of hydrogen-bond donors (Lipinski definition) is 0. The molecular weight excluding hydrogens is 424 g/mol. The number of benzene rings is 1. The number of ketones is 4. The summed E-state index contributed by atoms with van der Waals surface area (Å²) >= 11 is 0. The van der Waals surface area contributed by atoms with Crippen molar-refractivity contribution in [3.05, 3.63) is 58.2 Å². The topological polar surface area (TPSA) is 68.3 Å². The predicted molar refractivity (Wildman–Crippen MR) is 135 cm³/mol. The zero-order chi connectivity index (χ0) is 24.8. The predicted octanol–water partition coefficient (Wildman–Crippen LogP) is 6.12. The summed E-state index contributed by atoms with van der Waals surface area (Å²) in [4.78, 5) is 50.5. The number of allylic oxidation sites excluding steroid dienone is 4. The van der Waals surface area contributed by atoms with Crippen LogP contribution in [0.3, 0.4) is 0 Å². The van der Waals surface area contributed by atoms with Crippen molar-refractivity contribution >= 4 is 23.1 Å². The summed E-state index contributed by atoms with van der Waals surface area (Å²) in [6, 6.07) is 3.98. The SMILES string of the molecule is CCCC(CC1CC(=O)c2c(C)ccc(CC(=O)C3=CC=CC3)c2C1)C(CC)C(=O)CC(C)=O. The van der Waals surface area contributed by atoms with Gasteiger partial charge >= 0.3 is 0 Å². The van der Waals surface area contributed by atoms with Gasteiger partial charge in [-0.1, -0.05) is 57.0 Å². The van der Waals surface area contributed by atoms with E-state index in [-0.39, 0.29) is 47.3 Å². The van der Waals surface area contributed by atoms with Crippen LogP contribution in [0.25, 0.3) is 0 Å². The minimum atomic E-state index is -0.138. The molecule has 4 nitrogen and oxygen atoms in total. The van der Waals surface area contributed by atoms with Crippen LogP contribution in [0.2, 0.25) is 0 Å². The van der Waals surface area contributed by atoms with Gasteiger partial charge in [-0.25, -0.2) is 0 Å². The van der Waals surface area contributed by atoms with Crippen molar-refractivity contribution in [3.8, 4) is 0 Å². The van der Waals surface area contributed by atoms with Gasteiger partial charge in [0.2, 0.25) is 0 Å². The van der Waals surface area contributed by atoms with Crippen LogP contribution in [-0.2, 0) is 27.2 Å². The maximum atomic E-state index is 13.3. The highest BCUT2D eigenvalue weighted by molar-refractivity contribution is 6.02. The highest BCUT2D eigenvalue weighted by Gasteiger charge is 2.34. The number of Topliss-reactive ketones (excluding diaryl/α,β-unsaturated/α-hetero) is 4. The van der Waals surface area contributed by atoms with Gasteiger partial charge in [-0.2, -0.15) is 0 Å². The van der Waals surface area contributed by atoms with E-state index in [1.165, 1.54) is 6.92 Å². The van der Waals surface area contributed by atoms with Gasteiger partial charge in [-0.3, -0.25) is 19.2 Å². The Hall–Kier alpha value is -2.62. The molecule has 2 aliphatic rings. The van der Waals surface area contributed by atoms with Crippen LogP contribution in [0.5, 0.6) is 0 Å². The van der Waals surface area contributed by atoms with E-state index in [4.69, 9.17) is 0 Å². The first-order valence-electron chi connectivity index (χ1n) is 12.8. The molecule has 0 N–H and O–H groups in total. The lowest BCUT2D eigenvalue weighted by Crippen LogP contribution is -2.30. The quantitative estimate of drug-likeness (QED) is 0.351. The zero-order valence-corrected chi connectivity index (χ0v) is 21.1. The second-order valence-electron chi connectivity index (χ2n) is 10.2. The van der Waals surface area contributed by atoms with Gasteiger partial charge < -0.3 is 0 Å². The Bertz CT molecular complexity index is 1030. The first kappa shape index (κ1) is 26.0. The van der Waals surface area contributed by atoms with Crippen molar-refractivity contribution in [2.45, 2.75) is 85.5 Å². The van der Waals surface area contributed by atoms with Crippen LogP contribution in [0.1, 0.15) is 92.8 Å². The van der Waals surface area contributed by atoms with E-state index in [2.05, 4.69) is 6.92 Å². The van der Waals surface area contributed by atoms with Crippen molar-refractivity contribution < 1.29 is 19.2 Å². The van der Waals surface area contributed by atoms with Crippen LogP contribution in [0.15, 0.2) is 35.9 Å². The van der Waals surface area contributed by atoms with E-state index in [1.807, 2.05) is 44.2 Å². The van der Waals surface area contributed by atoms with Gasteiger partial charge in [0.1, 0.15) is 11.6 Å². The molecule has 4 heteroatoms. The molecule has 0 aromatic heterocycles. The molecule has 0 spiro atoms. The number of rotatable bonds is 12. The zero-order valence-electron chi connectivity index (χ0n) is 21.1. The van der Waals surface area contributed by atoms with Crippen molar-refractivity contribution in [2.75, 3.05) is 0 Å². The van der Waals surface area contributed by atoms with Gasteiger partial charge in [0.15, 0.2) is 11.6 Å². The van der Waals surface area contributed by atoms with Crippen LogP contribution in [0, 0.1) is 24.7 Å². The molecule has 0 radical (unpaired) electrons. The van der Waals surface area contributed by atoms with Gasteiger partial charge in [0, 0.05) is 24.3 Å².